The maximum atomic E-state index is 12.2. The van der Waals surface area contributed by atoms with Gasteiger partial charge in [-0.05, 0) is 18.6 Å². The van der Waals surface area contributed by atoms with Crippen LogP contribution in [-0.4, -0.2) is 40.7 Å². The summed E-state index contributed by atoms with van der Waals surface area (Å²) in [6, 6.07) is 10.9. The molecule has 0 atom stereocenters. The van der Waals surface area contributed by atoms with E-state index in [0.29, 0.717) is 21.2 Å². The predicted octanol–water partition coefficient (Wildman–Crippen LogP) is 1.70. The molecular formula is C14H14F9IO3S. The summed E-state index contributed by atoms with van der Waals surface area (Å²) < 4.78 is 138. The van der Waals surface area contributed by atoms with Crippen LogP contribution in [0.5, 0.6) is 0 Å². The van der Waals surface area contributed by atoms with Crippen LogP contribution in [0.25, 0.3) is 0 Å². The standard InChI is InChI=1S/C10H14I.C4HF9O3S/c1-2-3-9-11-10-7-5-4-6-8-10;5-1(6,3(9,10)11)2(7,8)4(12,13)17(14,15)16/h4-8H,2-3,9H2,1H3;(H,14,15,16)/q+1;/p-1. The first-order valence-corrected chi connectivity index (χ1v) is 11.2. The van der Waals surface area contributed by atoms with Crippen LogP contribution in [0.3, 0.4) is 0 Å². The summed E-state index contributed by atoms with van der Waals surface area (Å²) in [5.41, 5.74) is 0. The molecule has 1 rings (SSSR count). The maximum absolute atomic E-state index is 12.2. The number of halogens is 10. The summed E-state index contributed by atoms with van der Waals surface area (Å²) >= 11 is 0.320. The first-order valence-electron chi connectivity index (χ1n) is 7.23. The Kier molecular flexibility index (Phi) is 9.55. The molecule has 0 saturated heterocycles. The Labute approximate surface area is 165 Å². The fraction of sp³-hybridized carbons (Fsp3) is 0.571. The van der Waals surface area contributed by atoms with Crippen LogP contribution >= 0.6 is 0 Å². The fourth-order valence-corrected chi connectivity index (χ4v) is 4.46. The van der Waals surface area contributed by atoms with E-state index in [9.17, 15) is 52.5 Å². The Morgan fingerprint density at radius 3 is 1.71 bits per heavy atom. The van der Waals surface area contributed by atoms with Crippen LogP contribution in [0.4, 0.5) is 39.5 Å². The van der Waals surface area contributed by atoms with Crippen molar-refractivity contribution < 1.29 is 73.7 Å². The molecule has 0 heterocycles. The first kappa shape index (κ1) is 27.2. The molecule has 0 saturated carbocycles. The minimum Gasteiger partial charge on any atom is -0.743 e. The van der Waals surface area contributed by atoms with Crippen LogP contribution in [-0.2, 0) is 10.1 Å². The van der Waals surface area contributed by atoms with Gasteiger partial charge in [0, 0.05) is 0 Å². The number of hydrogen-bond donors (Lipinski definition) is 0. The number of unbranched alkanes of at least 4 members (excludes halogenated alkanes) is 1. The van der Waals surface area contributed by atoms with Crippen LogP contribution in [0.15, 0.2) is 30.3 Å². The lowest BCUT2D eigenvalue weighted by molar-refractivity contribution is -0.627. The third-order valence-electron chi connectivity index (χ3n) is 2.90. The van der Waals surface area contributed by atoms with E-state index in [1.165, 1.54) is 17.3 Å². The number of hydrogen-bond acceptors (Lipinski definition) is 3. The van der Waals surface area contributed by atoms with Crippen molar-refractivity contribution >= 4 is 10.1 Å². The van der Waals surface area contributed by atoms with Crippen LogP contribution in [0.2, 0.25) is 0 Å². The van der Waals surface area contributed by atoms with Crippen LogP contribution < -0.4 is 21.2 Å². The summed E-state index contributed by atoms with van der Waals surface area (Å²) in [6.07, 6.45) is -4.42. The molecule has 0 amide bonds. The highest BCUT2D eigenvalue weighted by Crippen LogP contribution is 2.54. The minimum absolute atomic E-state index is 0.320. The average Bonchev–Trinajstić information content (AvgIpc) is 2.54. The maximum Gasteiger partial charge on any atom is 0.460 e. The molecule has 0 radical (unpaired) electrons. The van der Waals surface area contributed by atoms with Gasteiger partial charge in [0.25, 0.3) is 0 Å². The smallest absolute Gasteiger partial charge is 0.460 e. The molecule has 0 aliphatic heterocycles. The van der Waals surface area contributed by atoms with Gasteiger partial charge in [-0.25, -0.2) is 8.42 Å². The normalized spacial score (nSPS) is 13.7. The molecule has 14 heteroatoms. The molecular weight excluding hydrogens is 546 g/mol. The highest BCUT2D eigenvalue weighted by Gasteiger charge is 2.83. The predicted molar refractivity (Wildman–Crippen MR) is 75.5 cm³/mol. The van der Waals surface area contributed by atoms with Crippen molar-refractivity contribution in [1.82, 2.24) is 0 Å². The van der Waals surface area contributed by atoms with Gasteiger partial charge in [0.1, 0.15) is 4.43 Å². The second kappa shape index (κ2) is 9.82. The van der Waals surface area contributed by atoms with Crippen molar-refractivity contribution in [2.75, 3.05) is 4.43 Å². The molecule has 1 aromatic rings. The average molecular weight is 560 g/mol. The zero-order valence-electron chi connectivity index (χ0n) is 13.9. The number of rotatable bonds is 7. The van der Waals surface area contributed by atoms with Crippen molar-refractivity contribution in [2.24, 2.45) is 0 Å². The lowest BCUT2D eigenvalue weighted by atomic mass is 10.1. The van der Waals surface area contributed by atoms with Crippen molar-refractivity contribution in [2.45, 2.75) is 43.0 Å². The third kappa shape index (κ3) is 6.37. The van der Waals surface area contributed by atoms with E-state index in [1.807, 2.05) is 0 Å². The van der Waals surface area contributed by atoms with Gasteiger partial charge in [-0.3, -0.25) is 0 Å². The molecule has 1 aromatic carbocycles. The quantitative estimate of drug-likeness (QED) is 0.168. The van der Waals surface area contributed by atoms with Gasteiger partial charge >= 0.3 is 44.5 Å². The topological polar surface area (TPSA) is 57.2 Å². The summed E-state index contributed by atoms with van der Waals surface area (Å²) in [6.45, 7) is 2.26. The molecule has 164 valence electrons. The number of benzene rings is 1. The van der Waals surface area contributed by atoms with E-state index in [-0.39, 0.29) is 0 Å². The summed E-state index contributed by atoms with van der Waals surface area (Å²) in [5, 5.41) is -7.11. The molecule has 0 bridgehead atoms. The van der Waals surface area contributed by atoms with E-state index >= 15 is 0 Å². The van der Waals surface area contributed by atoms with Gasteiger partial charge in [0.05, 0.1) is 0 Å². The van der Waals surface area contributed by atoms with Crippen molar-refractivity contribution in [3.05, 3.63) is 33.9 Å². The lowest BCUT2D eigenvalue weighted by Gasteiger charge is -2.34. The number of alkyl halides is 10. The van der Waals surface area contributed by atoms with Crippen LogP contribution in [0.1, 0.15) is 19.8 Å². The monoisotopic (exact) mass is 560 g/mol. The van der Waals surface area contributed by atoms with Gasteiger partial charge < -0.3 is 4.55 Å². The Hall–Kier alpha value is -0.770. The molecule has 0 unspecified atom stereocenters. The Morgan fingerprint density at radius 2 is 1.36 bits per heavy atom. The van der Waals surface area contributed by atoms with E-state index in [1.54, 1.807) is 3.57 Å². The molecule has 0 aliphatic rings. The molecule has 0 aromatic heterocycles. The van der Waals surface area contributed by atoms with Gasteiger partial charge in [0.2, 0.25) is 0 Å². The summed E-state index contributed by atoms with van der Waals surface area (Å²) in [7, 11) is -7.42. The van der Waals surface area contributed by atoms with Gasteiger partial charge in [0.15, 0.2) is 13.7 Å². The van der Waals surface area contributed by atoms with E-state index in [2.05, 4.69) is 37.3 Å². The molecule has 28 heavy (non-hydrogen) atoms. The molecule has 0 fully saturated rings. The zero-order chi connectivity index (χ0) is 22.4. The van der Waals surface area contributed by atoms with Gasteiger partial charge in [-0.1, -0.05) is 31.5 Å². The second-order valence-electron chi connectivity index (χ2n) is 5.09. The van der Waals surface area contributed by atoms with Crippen LogP contribution in [0, 0.1) is 3.57 Å². The highest BCUT2D eigenvalue weighted by atomic mass is 127. The van der Waals surface area contributed by atoms with E-state index < -0.39 is 33.4 Å². The molecule has 0 aliphatic carbocycles. The Bertz CT molecular complexity index is 707. The highest BCUT2D eigenvalue weighted by molar-refractivity contribution is 7.86. The molecule has 0 spiro atoms. The second-order valence-corrected chi connectivity index (χ2v) is 9.60. The first-order chi connectivity index (χ1) is 12.4. The van der Waals surface area contributed by atoms with E-state index in [0.717, 1.165) is 0 Å². The SMILES string of the molecule is CCCC[I+]c1ccccc1.O=S(=O)([O-])C(F)(F)C(F)(F)C(F)(F)C(F)(F)F. The molecule has 0 N–H and O–H groups in total. The third-order valence-corrected chi connectivity index (χ3v) is 6.69. The zero-order valence-corrected chi connectivity index (χ0v) is 16.9. The fourth-order valence-electron chi connectivity index (χ4n) is 1.33. The minimum atomic E-state index is -7.43. The van der Waals surface area contributed by atoms with Gasteiger partial charge in [-0.2, -0.15) is 39.5 Å². The van der Waals surface area contributed by atoms with Crippen molar-refractivity contribution in [3.8, 4) is 0 Å². The lowest BCUT2D eigenvalue weighted by Crippen LogP contribution is -3.62. The molecule has 3 nitrogen and oxygen atoms in total. The summed E-state index contributed by atoms with van der Waals surface area (Å²) in [4.78, 5) is 0. The largest absolute Gasteiger partial charge is 0.743 e. The van der Waals surface area contributed by atoms with Gasteiger partial charge in [-0.15, -0.1) is 0 Å². The summed E-state index contributed by atoms with van der Waals surface area (Å²) in [5.74, 6) is -14.8. The van der Waals surface area contributed by atoms with E-state index in [4.69, 9.17) is 0 Å². The Morgan fingerprint density at radius 1 is 0.893 bits per heavy atom. The Balaban J connectivity index is 0.000000567. The van der Waals surface area contributed by atoms with Crippen molar-refractivity contribution in [1.29, 1.82) is 0 Å². The van der Waals surface area contributed by atoms with Crippen molar-refractivity contribution in [3.63, 3.8) is 0 Å².